The molecule has 0 aromatic heterocycles. The zero-order valence-corrected chi connectivity index (χ0v) is 16.7. The summed E-state index contributed by atoms with van der Waals surface area (Å²) in [6.45, 7) is 0.690. The van der Waals surface area contributed by atoms with E-state index < -0.39 is 23.5 Å². The molecule has 1 fully saturated rings. The van der Waals surface area contributed by atoms with Gasteiger partial charge in [-0.2, -0.15) is 31.6 Å². The van der Waals surface area contributed by atoms with Gasteiger partial charge in [-0.3, -0.25) is 4.79 Å². The molecule has 0 aliphatic carbocycles. The third kappa shape index (κ3) is 5.72. The number of halogens is 6. The Morgan fingerprint density at radius 3 is 2.06 bits per heavy atom. The van der Waals surface area contributed by atoms with Crippen LogP contribution in [0.1, 0.15) is 35.1 Å². The lowest BCUT2D eigenvalue weighted by molar-refractivity contribution is -0.138. The Morgan fingerprint density at radius 2 is 1.53 bits per heavy atom. The molecule has 3 rings (SSSR count). The van der Waals surface area contributed by atoms with Crippen LogP contribution < -0.4 is 5.32 Å². The van der Waals surface area contributed by atoms with Crippen LogP contribution >= 0.6 is 0 Å². The van der Waals surface area contributed by atoms with Crippen LogP contribution in [0.15, 0.2) is 42.5 Å². The maximum atomic E-state index is 13.0. The number of nitriles is 1. The summed E-state index contributed by atoms with van der Waals surface area (Å²) in [5.41, 5.74) is -0.989. The lowest BCUT2D eigenvalue weighted by atomic mass is 10.0. The van der Waals surface area contributed by atoms with Gasteiger partial charge in [0.2, 0.25) is 5.91 Å². The van der Waals surface area contributed by atoms with E-state index in [2.05, 4.69) is 5.32 Å². The van der Waals surface area contributed by atoms with E-state index in [1.54, 1.807) is 4.90 Å². The summed E-state index contributed by atoms with van der Waals surface area (Å²) in [5, 5.41) is 12.1. The molecule has 0 atom stereocenters. The van der Waals surface area contributed by atoms with Crippen LogP contribution in [0.25, 0.3) is 0 Å². The number of likely N-dealkylation sites (tertiary alicyclic amines) is 1. The lowest BCUT2D eigenvalue weighted by Gasteiger charge is -2.33. The third-order valence-corrected chi connectivity index (χ3v) is 5.31. The topological polar surface area (TPSA) is 56.1 Å². The molecule has 0 unspecified atom stereocenters. The highest BCUT2D eigenvalue weighted by Gasteiger charge is 2.32. The molecule has 2 aromatic rings. The van der Waals surface area contributed by atoms with Crippen LogP contribution in [0.2, 0.25) is 0 Å². The van der Waals surface area contributed by atoms with Gasteiger partial charge in [0.15, 0.2) is 0 Å². The van der Waals surface area contributed by atoms with Gasteiger partial charge in [0.1, 0.15) is 6.07 Å². The minimum absolute atomic E-state index is 0.0392. The smallest absolute Gasteiger partial charge is 0.381 e. The van der Waals surface area contributed by atoms with Crippen LogP contribution in [0.4, 0.5) is 32.0 Å². The van der Waals surface area contributed by atoms with E-state index >= 15 is 0 Å². The van der Waals surface area contributed by atoms with Crippen LogP contribution in [-0.4, -0.2) is 29.9 Å². The SMILES string of the molecule is N#Cc1ccc(C(F)(F)F)cc1NC1CCN(C(=O)Cc2ccc(C(F)(F)F)cc2)CC1. The zero-order valence-electron chi connectivity index (χ0n) is 16.7. The molecule has 1 aliphatic heterocycles. The summed E-state index contributed by atoms with van der Waals surface area (Å²) >= 11 is 0. The van der Waals surface area contributed by atoms with E-state index in [1.165, 1.54) is 12.1 Å². The van der Waals surface area contributed by atoms with E-state index in [9.17, 15) is 36.4 Å². The van der Waals surface area contributed by atoms with Gasteiger partial charge in [0, 0.05) is 19.1 Å². The molecule has 4 nitrogen and oxygen atoms in total. The van der Waals surface area contributed by atoms with Crippen LogP contribution in [0.3, 0.4) is 0 Å². The van der Waals surface area contributed by atoms with Crippen molar-refractivity contribution in [1.82, 2.24) is 4.90 Å². The van der Waals surface area contributed by atoms with E-state index in [-0.39, 0.29) is 29.6 Å². The monoisotopic (exact) mass is 455 g/mol. The van der Waals surface area contributed by atoms with E-state index in [0.717, 1.165) is 30.3 Å². The van der Waals surface area contributed by atoms with E-state index in [4.69, 9.17) is 0 Å². The predicted molar refractivity (Wildman–Crippen MR) is 105 cm³/mol. The molecule has 1 heterocycles. The van der Waals surface area contributed by atoms with Gasteiger partial charge < -0.3 is 10.2 Å². The molecular weight excluding hydrogens is 436 g/mol. The molecule has 0 radical (unpaired) electrons. The number of nitrogens with one attached hydrogen (secondary N) is 1. The molecular formula is C22H19F6N3O. The van der Waals surface area contributed by atoms with Crippen molar-refractivity contribution in [3.05, 3.63) is 64.7 Å². The van der Waals surface area contributed by atoms with Gasteiger partial charge in [-0.1, -0.05) is 12.1 Å². The number of hydrogen-bond acceptors (Lipinski definition) is 3. The van der Waals surface area contributed by atoms with Gasteiger partial charge in [0.25, 0.3) is 0 Å². The van der Waals surface area contributed by atoms with Crippen molar-refractivity contribution >= 4 is 11.6 Å². The van der Waals surface area contributed by atoms with Gasteiger partial charge in [-0.25, -0.2) is 0 Å². The largest absolute Gasteiger partial charge is 0.416 e. The highest BCUT2D eigenvalue weighted by Crippen LogP contribution is 2.33. The molecule has 0 saturated carbocycles. The summed E-state index contributed by atoms with van der Waals surface area (Å²) in [6, 6.07) is 8.92. The quantitative estimate of drug-likeness (QED) is 0.642. The molecule has 0 bridgehead atoms. The first kappa shape index (κ1) is 23.4. The maximum absolute atomic E-state index is 13.0. The Morgan fingerprint density at radius 1 is 0.969 bits per heavy atom. The van der Waals surface area contributed by atoms with Crippen molar-refractivity contribution in [3.8, 4) is 6.07 Å². The summed E-state index contributed by atoms with van der Waals surface area (Å²) in [4.78, 5) is 14.1. The number of amides is 1. The molecule has 170 valence electrons. The molecule has 1 amide bonds. The molecule has 10 heteroatoms. The highest BCUT2D eigenvalue weighted by atomic mass is 19.4. The molecule has 32 heavy (non-hydrogen) atoms. The Bertz CT molecular complexity index is 1000. The van der Waals surface area contributed by atoms with E-state index in [1.807, 2.05) is 6.07 Å². The Balaban J connectivity index is 1.57. The number of carbonyl (C=O) groups is 1. The van der Waals surface area contributed by atoms with Crippen LogP contribution in [0.5, 0.6) is 0 Å². The first-order valence-corrected chi connectivity index (χ1v) is 9.79. The summed E-state index contributed by atoms with van der Waals surface area (Å²) < 4.78 is 76.8. The molecule has 0 spiro atoms. The number of carbonyl (C=O) groups excluding carboxylic acids is 1. The highest BCUT2D eigenvalue weighted by molar-refractivity contribution is 5.79. The molecule has 1 saturated heterocycles. The summed E-state index contributed by atoms with van der Waals surface area (Å²) in [7, 11) is 0. The average Bonchev–Trinajstić information content (AvgIpc) is 2.73. The number of anilines is 1. The van der Waals surface area contributed by atoms with Gasteiger partial charge >= 0.3 is 12.4 Å². The van der Waals surface area contributed by atoms with E-state index in [0.29, 0.717) is 31.5 Å². The minimum atomic E-state index is -4.53. The number of nitrogens with zero attached hydrogens (tertiary/aromatic N) is 2. The fourth-order valence-corrected chi connectivity index (χ4v) is 3.53. The van der Waals surface area contributed by atoms with Crippen molar-refractivity contribution in [3.63, 3.8) is 0 Å². The second-order valence-electron chi connectivity index (χ2n) is 7.54. The molecule has 1 aliphatic rings. The number of piperidine rings is 1. The average molecular weight is 455 g/mol. The number of rotatable bonds is 4. The fraction of sp³-hybridized carbons (Fsp3) is 0.364. The Kier molecular flexibility index (Phi) is 6.67. The van der Waals surface area contributed by atoms with Gasteiger partial charge in [-0.15, -0.1) is 0 Å². The normalized spacial score (nSPS) is 15.3. The maximum Gasteiger partial charge on any atom is 0.416 e. The zero-order chi connectivity index (χ0) is 23.5. The molecule has 2 aromatic carbocycles. The van der Waals surface area contributed by atoms with Gasteiger partial charge in [0.05, 0.1) is 28.8 Å². The Hall–Kier alpha value is -3.22. The van der Waals surface area contributed by atoms with Crippen molar-refractivity contribution in [1.29, 1.82) is 5.26 Å². The van der Waals surface area contributed by atoms with Crippen molar-refractivity contribution in [2.45, 2.75) is 37.7 Å². The van der Waals surface area contributed by atoms with Crippen LogP contribution in [0, 0.1) is 11.3 Å². The van der Waals surface area contributed by atoms with Crippen molar-refractivity contribution in [2.24, 2.45) is 0 Å². The van der Waals surface area contributed by atoms with Gasteiger partial charge in [-0.05, 0) is 48.7 Å². The number of alkyl halides is 6. The minimum Gasteiger partial charge on any atom is -0.381 e. The predicted octanol–water partition coefficient (Wildman–Crippen LogP) is 5.24. The third-order valence-electron chi connectivity index (χ3n) is 5.31. The summed E-state index contributed by atoms with van der Waals surface area (Å²) in [5.74, 6) is -0.236. The first-order chi connectivity index (χ1) is 15.0. The number of hydrogen-bond donors (Lipinski definition) is 1. The van der Waals surface area contributed by atoms with Crippen molar-refractivity contribution < 1.29 is 31.1 Å². The molecule has 1 N–H and O–H groups in total. The summed E-state index contributed by atoms with van der Waals surface area (Å²) in [6.07, 6.45) is -8.09. The Labute approximate surface area is 180 Å². The second-order valence-corrected chi connectivity index (χ2v) is 7.54. The van der Waals surface area contributed by atoms with Crippen molar-refractivity contribution in [2.75, 3.05) is 18.4 Å². The lowest BCUT2D eigenvalue weighted by Crippen LogP contribution is -2.43. The standard InChI is InChI=1S/C22H19F6N3O/c23-21(24,25)16-4-1-14(2-5-16)11-20(32)31-9-7-18(8-10-31)30-19-12-17(22(26,27)28)6-3-15(19)13-29/h1-6,12,18,30H,7-11H2. The second kappa shape index (κ2) is 9.10. The van der Waals surface area contributed by atoms with Crippen LogP contribution in [-0.2, 0) is 23.6 Å². The fourth-order valence-electron chi connectivity index (χ4n) is 3.53. The first-order valence-electron chi connectivity index (χ1n) is 9.79. The number of benzene rings is 2.